The number of rotatable bonds is 3. The fourth-order valence-electron chi connectivity index (χ4n) is 1.94. The van der Waals surface area contributed by atoms with Crippen molar-refractivity contribution in [1.82, 2.24) is 9.97 Å². The van der Waals surface area contributed by atoms with E-state index in [1.807, 2.05) is 30.3 Å². The highest BCUT2D eigenvalue weighted by Gasteiger charge is 2.08. The molecule has 0 aliphatic heterocycles. The number of aromatic nitrogens is 2. The van der Waals surface area contributed by atoms with Crippen LogP contribution in [-0.2, 0) is 0 Å². The Morgan fingerprint density at radius 3 is 2.80 bits per heavy atom. The van der Waals surface area contributed by atoms with Gasteiger partial charge in [0.05, 0.1) is 4.47 Å². The first-order valence-corrected chi connectivity index (χ1v) is 6.92. The van der Waals surface area contributed by atoms with Crippen LogP contribution in [0, 0.1) is 0 Å². The molecule has 0 saturated heterocycles. The molecule has 0 atom stereocenters. The van der Waals surface area contributed by atoms with Crippen LogP contribution in [0.25, 0.3) is 10.8 Å². The van der Waals surface area contributed by atoms with Crippen LogP contribution in [-0.4, -0.2) is 17.0 Å². The summed E-state index contributed by atoms with van der Waals surface area (Å²) in [5, 5.41) is 5.22. The van der Waals surface area contributed by atoms with Gasteiger partial charge in [0.2, 0.25) is 5.88 Å². The Morgan fingerprint density at radius 2 is 1.95 bits per heavy atom. The minimum atomic E-state index is 0.500. The minimum Gasteiger partial charge on any atom is -0.438 e. The molecule has 4 nitrogen and oxygen atoms in total. The molecule has 0 fully saturated rings. The Hall–Kier alpha value is -2.14. The molecule has 100 valence electrons. The quantitative estimate of drug-likeness (QED) is 0.781. The van der Waals surface area contributed by atoms with Gasteiger partial charge in [0.25, 0.3) is 0 Å². The fraction of sp³-hybridized carbons (Fsp3) is 0.0667. The van der Waals surface area contributed by atoms with Gasteiger partial charge in [-0.2, -0.15) is 0 Å². The molecule has 3 rings (SSSR count). The van der Waals surface area contributed by atoms with Crippen molar-refractivity contribution < 1.29 is 4.74 Å². The Morgan fingerprint density at radius 1 is 1.10 bits per heavy atom. The van der Waals surface area contributed by atoms with Crippen LogP contribution in [0.5, 0.6) is 11.6 Å². The summed E-state index contributed by atoms with van der Waals surface area (Å²) in [5.74, 6) is 1.94. The molecule has 5 heteroatoms. The lowest BCUT2D eigenvalue weighted by molar-refractivity contribution is 0.460. The predicted molar refractivity (Wildman–Crippen MR) is 83.3 cm³/mol. The maximum atomic E-state index is 5.82. The normalized spacial score (nSPS) is 10.5. The minimum absolute atomic E-state index is 0.500. The number of benzene rings is 2. The smallest absolute Gasteiger partial charge is 0.224 e. The van der Waals surface area contributed by atoms with Crippen molar-refractivity contribution >= 4 is 32.5 Å². The Kier molecular flexibility index (Phi) is 3.52. The third kappa shape index (κ3) is 2.44. The highest BCUT2D eigenvalue weighted by atomic mass is 79.9. The van der Waals surface area contributed by atoms with E-state index in [9.17, 15) is 0 Å². The molecule has 0 radical (unpaired) electrons. The molecule has 1 N–H and O–H groups in total. The maximum Gasteiger partial charge on any atom is 0.224 e. The van der Waals surface area contributed by atoms with Gasteiger partial charge in [-0.1, -0.05) is 30.3 Å². The highest BCUT2D eigenvalue weighted by Crippen LogP contribution is 2.35. The summed E-state index contributed by atoms with van der Waals surface area (Å²) in [5.41, 5.74) is 0. The molecular formula is C15H12BrN3O. The molecule has 3 aromatic rings. The van der Waals surface area contributed by atoms with E-state index in [2.05, 4.69) is 37.3 Å². The van der Waals surface area contributed by atoms with Crippen molar-refractivity contribution in [2.24, 2.45) is 0 Å². The van der Waals surface area contributed by atoms with E-state index in [0.29, 0.717) is 11.7 Å². The van der Waals surface area contributed by atoms with Gasteiger partial charge in [0, 0.05) is 13.1 Å². The van der Waals surface area contributed by atoms with Crippen LogP contribution in [0.3, 0.4) is 0 Å². The van der Waals surface area contributed by atoms with E-state index in [1.165, 1.54) is 6.33 Å². The third-order valence-corrected chi connectivity index (χ3v) is 3.76. The number of anilines is 1. The van der Waals surface area contributed by atoms with Gasteiger partial charge < -0.3 is 10.1 Å². The van der Waals surface area contributed by atoms with Crippen molar-refractivity contribution in [3.63, 3.8) is 0 Å². The molecule has 0 spiro atoms. The van der Waals surface area contributed by atoms with Gasteiger partial charge in [0.15, 0.2) is 0 Å². The van der Waals surface area contributed by atoms with Gasteiger partial charge in [-0.25, -0.2) is 9.97 Å². The lowest BCUT2D eigenvalue weighted by Gasteiger charge is -2.09. The van der Waals surface area contributed by atoms with Crippen molar-refractivity contribution in [3.05, 3.63) is 53.3 Å². The van der Waals surface area contributed by atoms with Crippen molar-refractivity contribution in [3.8, 4) is 11.6 Å². The predicted octanol–water partition coefficient (Wildman–Crippen LogP) is 4.23. The average molecular weight is 330 g/mol. The van der Waals surface area contributed by atoms with E-state index < -0.39 is 0 Å². The zero-order valence-electron chi connectivity index (χ0n) is 10.8. The maximum absolute atomic E-state index is 5.82. The Bertz CT molecular complexity index is 761. The van der Waals surface area contributed by atoms with Crippen molar-refractivity contribution in [2.75, 3.05) is 12.4 Å². The van der Waals surface area contributed by atoms with E-state index in [1.54, 1.807) is 13.1 Å². The summed E-state index contributed by atoms with van der Waals surface area (Å²) in [7, 11) is 1.80. The van der Waals surface area contributed by atoms with Crippen LogP contribution in [0.2, 0.25) is 0 Å². The second kappa shape index (κ2) is 5.46. The monoisotopic (exact) mass is 329 g/mol. The summed E-state index contributed by atoms with van der Waals surface area (Å²) in [6, 6.07) is 13.8. The summed E-state index contributed by atoms with van der Waals surface area (Å²) in [4.78, 5) is 8.17. The first-order chi connectivity index (χ1) is 9.78. The standard InChI is InChI=1S/C15H12BrN3O/c1-17-13-8-14(19-9-18-13)20-12-7-6-10-4-2-3-5-11(10)15(12)16/h2-9H,1H3,(H,17,18,19). The Balaban J connectivity index is 2.00. The molecule has 0 amide bonds. The largest absolute Gasteiger partial charge is 0.438 e. The first kappa shape index (κ1) is 12.9. The second-order valence-corrected chi connectivity index (χ2v) is 4.99. The van der Waals surface area contributed by atoms with Crippen LogP contribution in [0.15, 0.2) is 53.3 Å². The van der Waals surface area contributed by atoms with Gasteiger partial charge in [-0.15, -0.1) is 0 Å². The Labute approximate surface area is 125 Å². The van der Waals surface area contributed by atoms with Crippen molar-refractivity contribution in [1.29, 1.82) is 0 Å². The van der Waals surface area contributed by atoms with E-state index in [-0.39, 0.29) is 0 Å². The van der Waals surface area contributed by atoms with E-state index >= 15 is 0 Å². The number of halogens is 1. The molecular weight excluding hydrogens is 318 g/mol. The van der Waals surface area contributed by atoms with Gasteiger partial charge >= 0.3 is 0 Å². The molecule has 0 unspecified atom stereocenters. The summed E-state index contributed by atoms with van der Waals surface area (Å²) >= 11 is 3.59. The summed E-state index contributed by atoms with van der Waals surface area (Å²) < 4.78 is 6.74. The third-order valence-electron chi connectivity index (χ3n) is 2.94. The number of nitrogens with one attached hydrogen (secondary N) is 1. The van der Waals surface area contributed by atoms with E-state index in [4.69, 9.17) is 4.74 Å². The second-order valence-electron chi connectivity index (χ2n) is 4.19. The molecule has 20 heavy (non-hydrogen) atoms. The van der Waals surface area contributed by atoms with E-state index in [0.717, 1.165) is 21.0 Å². The number of hydrogen-bond acceptors (Lipinski definition) is 4. The SMILES string of the molecule is CNc1cc(Oc2ccc3ccccc3c2Br)ncn1. The number of nitrogens with zero attached hydrogens (tertiary/aromatic N) is 2. The molecule has 0 aliphatic rings. The number of hydrogen-bond donors (Lipinski definition) is 1. The number of ether oxygens (including phenoxy) is 1. The number of fused-ring (bicyclic) bond motifs is 1. The summed E-state index contributed by atoms with van der Waals surface area (Å²) in [6.45, 7) is 0. The molecule has 0 saturated carbocycles. The lowest BCUT2D eigenvalue weighted by atomic mass is 10.1. The highest BCUT2D eigenvalue weighted by molar-refractivity contribution is 9.10. The van der Waals surface area contributed by atoms with Crippen LogP contribution in [0.1, 0.15) is 0 Å². The molecule has 1 heterocycles. The summed E-state index contributed by atoms with van der Waals surface area (Å²) in [6.07, 6.45) is 1.47. The van der Waals surface area contributed by atoms with Crippen LogP contribution < -0.4 is 10.1 Å². The molecule has 0 bridgehead atoms. The zero-order chi connectivity index (χ0) is 13.9. The average Bonchev–Trinajstić information content (AvgIpc) is 2.50. The van der Waals surface area contributed by atoms with Gasteiger partial charge in [-0.05, 0) is 32.8 Å². The lowest BCUT2D eigenvalue weighted by Crippen LogP contribution is -1.95. The van der Waals surface area contributed by atoms with Crippen LogP contribution in [0.4, 0.5) is 5.82 Å². The fourth-order valence-corrected chi connectivity index (χ4v) is 2.51. The molecule has 2 aromatic carbocycles. The van der Waals surface area contributed by atoms with Crippen LogP contribution >= 0.6 is 15.9 Å². The van der Waals surface area contributed by atoms with Crippen molar-refractivity contribution in [2.45, 2.75) is 0 Å². The first-order valence-electron chi connectivity index (χ1n) is 6.13. The zero-order valence-corrected chi connectivity index (χ0v) is 12.4. The topological polar surface area (TPSA) is 47.0 Å². The molecule has 0 aliphatic carbocycles. The van der Waals surface area contributed by atoms with Gasteiger partial charge in [-0.3, -0.25) is 0 Å². The molecule has 1 aromatic heterocycles. The van der Waals surface area contributed by atoms with Gasteiger partial charge in [0.1, 0.15) is 17.9 Å².